The van der Waals surface area contributed by atoms with Crippen LogP contribution in [0.15, 0.2) is 89.7 Å². The Kier molecular flexibility index (Phi) is 9.15. The highest BCUT2D eigenvalue weighted by atomic mass is 16.2. The van der Waals surface area contributed by atoms with E-state index in [0.29, 0.717) is 35.1 Å². The number of benzene rings is 3. The average Bonchev–Trinajstić information content (AvgIpc) is 3.01. The molecule has 0 radical (unpaired) electrons. The van der Waals surface area contributed by atoms with E-state index in [-0.39, 0.29) is 23.4 Å². The number of hydrogen-bond donors (Lipinski definition) is 1. The number of nitrogens with one attached hydrogen (secondary N) is 1. The predicted molar refractivity (Wildman–Crippen MR) is 167 cm³/mol. The van der Waals surface area contributed by atoms with Gasteiger partial charge in [-0.2, -0.15) is 0 Å². The van der Waals surface area contributed by atoms with Gasteiger partial charge in [-0.15, -0.1) is 0 Å². The second kappa shape index (κ2) is 13.1. The summed E-state index contributed by atoms with van der Waals surface area (Å²) in [5.74, 6) is -0.115. The number of nitrogens with zero attached hydrogens (tertiary/aromatic N) is 4. The van der Waals surface area contributed by atoms with Crippen LogP contribution in [-0.4, -0.2) is 77.9 Å². The summed E-state index contributed by atoms with van der Waals surface area (Å²) in [6.07, 6.45) is 0.731. The van der Waals surface area contributed by atoms with Gasteiger partial charge >= 0.3 is 0 Å². The Bertz CT molecular complexity index is 1590. The molecular formula is C34H39N5O3. The summed E-state index contributed by atoms with van der Waals surface area (Å²) < 4.78 is 1.71. The van der Waals surface area contributed by atoms with Crippen LogP contribution in [0.5, 0.6) is 0 Å². The maximum atomic E-state index is 14.3. The lowest BCUT2D eigenvalue weighted by molar-refractivity contribution is -0.130. The van der Waals surface area contributed by atoms with Gasteiger partial charge in [-0.05, 0) is 30.2 Å². The molecule has 0 aliphatic carbocycles. The molecule has 4 aromatic rings. The van der Waals surface area contributed by atoms with E-state index in [1.54, 1.807) is 29.6 Å². The molecule has 1 N–H and O–H groups in total. The molecule has 0 bridgehead atoms. The zero-order valence-corrected chi connectivity index (χ0v) is 24.6. The fourth-order valence-electron chi connectivity index (χ4n) is 5.64. The van der Waals surface area contributed by atoms with Crippen molar-refractivity contribution in [1.82, 2.24) is 24.6 Å². The van der Waals surface area contributed by atoms with Crippen LogP contribution in [0.1, 0.15) is 41.0 Å². The van der Waals surface area contributed by atoms with Gasteiger partial charge in [-0.3, -0.25) is 28.8 Å². The molecule has 1 fully saturated rings. The molecule has 8 nitrogen and oxygen atoms in total. The van der Waals surface area contributed by atoms with Crippen molar-refractivity contribution in [3.63, 3.8) is 0 Å². The Morgan fingerprint density at radius 2 is 1.38 bits per heavy atom. The molecule has 1 aromatic heterocycles. The zero-order valence-electron chi connectivity index (χ0n) is 24.6. The molecule has 3 aromatic carbocycles. The van der Waals surface area contributed by atoms with E-state index in [0.717, 1.165) is 43.9 Å². The third-order valence-electron chi connectivity index (χ3n) is 8.04. The molecule has 8 heteroatoms. The molecule has 0 unspecified atom stereocenters. The highest BCUT2D eigenvalue weighted by Gasteiger charge is 2.27. The summed E-state index contributed by atoms with van der Waals surface area (Å²) in [7, 11) is 3.54. The van der Waals surface area contributed by atoms with Crippen molar-refractivity contribution < 1.29 is 9.59 Å². The SMILES string of the molecule is CC[C@H](NC(=O)c1c(CN2CCN(CC(=O)N(C)C)CC2)n(-c2ccccc2)c(=O)c2ccccc12)c1ccccc1. The van der Waals surface area contributed by atoms with Crippen LogP contribution < -0.4 is 10.9 Å². The van der Waals surface area contributed by atoms with E-state index in [4.69, 9.17) is 0 Å². The first-order chi connectivity index (χ1) is 20.4. The molecule has 1 saturated heterocycles. The zero-order chi connectivity index (χ0) is 29.6. The van der Waals surface area contributed by atoms with Crippen LogP contribution in [0.4, 0.5) is 0 Å². The van der Waals surface area contributed by atoms with Gasteiger partial charge < -0.3 is 10.2 Å². The van der Waals surface area contributed by atoms with Gasteiger partial charge in [-0.25, -0.2) is 0 Å². The van der Waals surface area contributed by atoms with E-state index >= 15 is 0 Å². The van der Waals surface area contributed by atoms with Gasteiger partial charge in [0.25, 0.3) is 11.5 Å². The van der Waals surface area contributed by atoms with E-state index < -0.39 is 0 Å². The van der Waals surface area contributed by atoms with Crippen molar-refractivity contribution in [3.8, 4) is 5.69 Å². The summed E-state index contributed by atoms with van der Waals surface area (Å²) in [4.78, 5) is 46.7. The third-order valence-corrected chi connectivity index (χ3v) is 8.04. The van der Waals surface area contributed by atoms with E-state index in [1.807, 2.05) is 78.9 Å². The standard InChI is InChI=1S/C34H39N5O3/c1-4-29(25-13-7-5-8-14-25)35-33(41)32-27-17-11-12-18-28(27)34(42)39(26-15-9-6-10-16-26)30(32)23-37-19-21-38(22-20-37)24-31(40)36(2)3/h5-18,29H,4,19-24H2,1-3H3,(H,35,41)/t29-/m0/s1. The number of aromatic nitrogens is 1. The Hall–Kier alpha value is -4.27. The molecule has 0 saturated carbocycles. The summed E-state index contributed by atoms with van der Waals surface area (Å²) in [6.45, 7) is 5.78. The topological polar surface area (TPSA) is 77.9 Å². The average molecular weight is 566 g/mol. The largest absolute Gasteiger partial charge is 0.348 e. The van der Waals surface area contributed by atoms with Crippen LogP contribution in [0.2, 0.25) is 0 Å². The number of para-hydroxylation sites is 1. The smallest absolute Gasteiger partial charge is 0.263 e. The molecule has 5 rings (SSSR count). The van der Waals surface area contributed by atoms with E-state index in [1.165, 1.54) is 0 Å². The van der Waals surface area contributed by atoms with Gasteiger partial charge in [0.15, 0.2) is 0 Å². The number of carbonyl (C=O) groups excluding carboxylic acids is 2. The number of carbonyl (C=O) groups is 2. The minimum atomic E-state index is -0.197. The first-order valence-electron chi connectivity index (χ1n) is 14.6. The predicted octanol–water partition coefficient (Wildman–Crippen LogP) is 4.08. The highest BCUT2D eigenvalue weighted by molar-refractivity contribution is 6.08. The summed E-state index contributed by atoms with van der Waals surface area (Å²) in [5, 5.41) is 4.45. The Labute approximate surface area is 247 Å². The monoisotopic (exact) mass is 565 g/mol. The molecule has 1 atom stereocenters. The van der Waals surface area contributed by atoms with Crippen molar-refractivity contribution in [2.24, 2.45) is 0 Å². The number of hydrogen-bond acceptors (Lipinski definition) is 5. The summed E-state index contributed by atoms with van der Waals surface area (Å²) >= 11 is 0. The van der Waals surface area contributed by atoms with Gasteiger partial charge in [0.05, 0.1) is 23.8 Å². The Morgan fingerprint density at radius 3 is 2.00 bits per heavy atom. The van der Waals surface area contributed by atoms with Crippen molar-refractivity contribution >= 4 is 22.6 Å². The number of fused-ring (bicyclic) bond motifs is 1. The van der Waals surface area contributed by atoms with Crippen LogP contribution in [-0.2, 0) is 11.3 Å². The van der Waals surface area contributed by atoms with E-state index in [2.05, 4.69) is 22.0 Å². The van der Waals surface area contributed by atoms with Gasteiger partial charge in [-0.1, -0.05) is 73.7 Å². The fraction of sp³-hybridized carbons (Fsp3) is 0.324. The molecule has 42 heavy (non-hydrogen) atoms. The molecule has 218 valence electrons. The maximum absolute atomic E-state index is 14.3. The quantitative estimate of drug-likeness (QED) is 0.331. The molecule has 1 aliphatic heterocycles. The van der Waals surface area contributed by atoms with Crippen LogP contribution in [0.25, 0.3) is 16.5 Å². The molecule has 2 amide bonds. The minimum Gasteiger partial charge on any atom is -0.348 e. The van der Waals surface area contributed by atoms with Gasteiger partial charge in [0.1, 0.15) is 0 Å². The molecular weight excluding hydrogens is 526 g/mol. The van der Waals surface area contributed by atoms with Crippen molar-refractivity contribution in [2.75, 3.05) is 46.8 Å². The second-order valence-electron chi connectivity index (χ2n) is 11.0. The molecule has 2 heterocycles. The Balaban J connectivity index is 1.57. The number of piperazine rings is 1. The third kappa shape index (κ3) is 6.30. The van der Waals surface area contributed by atoms with Gasteiger partial charge in [0, 0.05) is 63.3 Å². The van der Waals surface area contributed by atoms with E-state index in [9.17, 15) is 14.4 Å². The number of rotatable bonds is 9. The number of likely N-dealkylation sites (N-methyl/N-ethyl adjacent to an activating group) is 1. The summed E-state index contributed by atoms with van der Waals surface area (Å²) in [6, 6.07) is 26.8. The van der Waals surface area contributed by atoms with Crippen molar-refractivity contribution in [2.45, 2.75) is 25.9 Å². The van der Waals surface area contributed by atoms with Gasteiger partial charge in [0.2, 0.25) is 5.91 Å². The first-order valence-corrected chi connectivity index (χ1v) is 14.6. The Morgan fingerprint density at radius 1 is 0.810 bits per heavy atom. The lowest BCUT2D eigenvalue weighted by Crippen LogP contribution is -2.49. The highest BCUT2D eigenvalue weighted by Crippen LogP contribution is 2.26. The minimum absolute atomic E-state index is 0.0822. The van der Waals surface area contributed by atoms with Crippen LogP contribution >= 0.6 is 0 Å². The maximum Gasteiger partial charge on any atom is 0.263 e. The second-order valence-corrected chi connectivity index (χ2v) is 11.0. The lowest BCUT2D eigenvalue weighted by atomic mass is 9.99. The van der Waals surface area contributed by atoms with Crippen LogP contribution in [0.3, 0.4) is 0 Å². The normalized spacial score (nSPS) is 14.9. The lowest BCUT2D eigenvalue weighted by Gasteiger charge is -2.35. The molecule has 1 aliphatic rings. The fourth-order valence-corrected chi connectivity index (χ4v) is 5.64. The first kappa shape index (κ1) is 29.2. The van der Waals surface area contributed by atoms with Crippen molar-refractivity contribution in [1.29, 1.82) is 0 Å². The number of amides is 2. The summed E-state index contributed by atoms with van der Waals surface area (Å²) in [5.41, 5.74) is 2.81. The van der Waals surface area contributed by atoms with Crippen molar-refractivity contribution in [3.05, 3.63) is 112 Å². The molecule has 0 spiro atoms. The number of pyridine rings is 1. The van der Waals surface area contributed by atoms with Crippen LogP contribution in [0, 0.1) is 0 Å².